The van der Waals surface area contributed by atoms with Crippen LogP contribution in [0.5, 0.6) is 0 Å². The van der Waals surface area contributed by atoms with Crippen molar-refractivity contribution in [3.05, 3.63) is 71.5 Å². The number of halogens is 1. The van der Waals surface area contributed by atoms with Gasteiger partial charge in [0.2, 0.25) is 5.91 Å². The number of carbonyl (C=O) groups is 2. The van der Waals surface area contributed by atoms with Crippen molar-refractivity contribution in [3.8, 4) is 0 Å². The number of amides is 1. The molecule has 5 heteroatoms. The fraction of sp³-hybridized carbons (Fsp3) is 0.263. The largest absolute Gasteiger partial charge is 0.481 e. The highest BCUT2D eigenvalue weighted by Crippen LogP contribution is 2.16. The number of aliphatic carboxylic acids is 1. The SMILES string of the molecule is CC(C(=O)NCC(Cc1ccccc1)C(=O)O)c1cccc(F)c1. The first kappa shape index (κ1) is 17.7. The maximum absolute atomic E-state index is 13.2. The zero-order chi connectivity index (χ0) is 17.5. The average molecular weight is 329 g/mol. The molecule has 4 nitrogen and oxygen atoms in total. The second kappa shape index (κ2) is 8.24. The van der Waals surface area contributed by atoms with Crippen molar-refractivity contribution in [3.63, 3.8) is 0 Å². The summed E-state index contributed by atoms with van der Waals surface area (Å²) in [6.07, 6.45) is 0.338. The van der Waals surface area contributed by atoms with Crippen molar-refractivity contribution in [2.24, 2.45) is 5.92 Å². The minimum Gasteiger partial charge on any atom is -0.481 e. The van der Waals surface area contributed by atoms with E-state index in [4.69, 9.17) is 0 Å². The van der Waals surface area contributed by atoms with Gasteiger partial charge in [0, 0.05) is 6.54 Å². The molecular weight excluding hydrogens is 309 g/mol. The molecule has 24 heavy (non-hydrogen) atoms. The lowest BCUT2D eigenvalue weighted by atomic mass is 9.97. The van der Waals surface area contributed by atoms with Gasteiger partial charge in [-0.3, -0.25) is 9.59 Å². The highest BCUT2D eigenvalue weighted by molar-refractivity contribution is 5.83. The Kier molecular flexibility index (Phi) is 6.07. The molecule has 2 N–H and O–H groups in total. The van der Waals surface area contributed by atoms with Crippen molar-refractivity contribution in [2.75, 3.05) is 6.54 Å². The van der Waals surface area contributed by atoms with Gasteiger partial charge in [-0.05, 0) is 36.6 Å². The van der Waals surface area contributed by atoms with Gasteiger partial charge in [-0.2, -0.15) is 0 Å². The highest BCUT2D eigenvalue weighted by atomic mass is 19.1. The zero-order valence-corrected chi connectivity index (χ0v) is 13.4. The molecule has 2 aromatic carbocycles. The Bertz CT molecular complexity index is 703. The number of carbonyl (C=O) groups excluding carboxylic acids is 1. The molecule has 2 aromatic rings. The standard InChI is InChI=1S/C19H20FNO3/c1-13(15-8-5-9-17(20)11-15)18(22)21-12-16(19(23)24)10-14-6-3-2-4-7-14/h2-9,11,13,16H,10,12H2,1H3,(H,21,22)(H,23,24). The molecule has 0 saturated carbocycles. The lowest BCUT2D eigenvalue weighted by Gasteiger charge is -2.16. The molecule has 0 heterocycles. The third-order valence-electron chi connectivity index (χ3n) is 3.94. The third-order valence-corrected chi connectivity index (χ3v) is 3.94. The Morgan fingerprint density at radius 3 is 2.46 bits per heavy atom. The first-order valence-electron chi connectivity index (χ1n) is 7.77. The molecule has 0 aliphatic carbocycles. The van der Waals surface area contributed by atoms with Crippen molar-refractivity contribution >= 4 is 11.9 Å². The fourth-order valence-electron chi connectivity index (χ4n) is 2.45. The van der Waals surface area contributed by atoms with E-state index in [1.165, 1.54) is 12.1 Å². The van der Waals surface area contributed by atoms with Crippen LogP contribution in [0.4, 0.5) is 4.39 Å². The van der Waals surface area contributed by atoms with Gasteiger partial charge in [0.05, 0.1) is 11.8 Å². The molecule has 2 rings (SSSR count). The van der Waals surface area contributed by atoms with Crippen LogP contribution < -0.4 is 5.32 Å². The third kappa shape index (κ3) is 4.91. The Labute approximate surface area is 140 Å². The molecule has 0 saturated heterocycles. The van der Waals surface area contributed by atoms with Gasteiger partial charge >= 0.3 is 5.97 Å². The summed E-state index contributed by atoms with van der Waals surface area (Å²) in [6.45, 7) is 1.69. The van der Waals surface area contributed by atoms with Gasteiger partial charge in [-0.1, -0.05) is 42.5 Å². The van der Waals surface area contributed by atoms with Crippen LogP contribution in [0.25, 0.3) is 0 Å². The molecule has 0 aliphatic rings. The summed E-state index contributed by atoms with van der Waals surface area (Å²) < 4.78 is 13.2. The lowest BCUT2D eigenvalue weighted by molar-refractivity contribution is -0.141. The molecular formula is C19H20FNO3. The van der Waals surface area contributed by atoms with Crippen LogP contribution in [0.15, 0.2) is 54.6 Å². The van der Waals surface area contributed by atoms with E-state index in [9.17, 15) is 19.1 Å². The molecule has 0 bridgehead atoms. The van der Waals surface area contributed by atoms with E-state index in [0.717, 1.165) is 5.56 Å². The average Bonchev–Trinajstić information content (AvgIpc) is 2.58. The monoisotopic (exact) mass is 329 g/mol. The summed E-state index contributed by atoms with van der Waals surface area (Å²) in [5.41, 5.74) is 1.46. The number of nitrogens with one attached hydrogen (secondary N) is 1. The Balaban J connectivity index is 1.96. The molecule has 0 aromatic heterocycles. The predicted octanol–water partition coefficient (Wildman–Crippen LogP) is 2.99. The second-order valence-corrected chi connectivity index (χ2v) is 5.75. The highest BCUT2D eigenvalue weighted by Gasteiger charge is 2.21. The summed E-state index contributed by atoms with van der Waals surface area (Å²) in [5.74, 6) is -2.94. The number of carboxylic acids is 1. The van der Waals surface area contributed by atoms with Crippen LogP contribution in [0.3, 0.4) is 0 Å². The predicted molar refractivity (Wildman–Crippen MR) is 89.1 cm³/mol. The summed E-state index contributed by atoms with van der Waals surface area (Å²) in [7, 11) is 0. The quantitative estimate of drug-likeness (QED) is 0.821. The number of carboxylic acid groups (broad SMARTS) is 1. The first-order valence-corrected chi connectivity index (χ1v) is 7.77. The Morgan fingerprint density at radius 1 is 1.12 bits per heavy atom. The van der Waals surface area contributed by atoms with E-state index in [0.29, 0.717) is 12.0 Å². The summed E-state index contributed by atoms with van der Waals surface area (Å²) in [6, 6.07) is 15.1. The van der Waals surface area contributed by atoms with Gasteiger partial charge in [0.15, 0.2) is 0 Å². The van der Waals surface area contributed by atoms with Crippen LogP contribution in [0.1, 0.15) is 24.0 Å². The van der Waals surface area contributed by atoms with Crippen LogP contribution in [0, 0.1) is 11.7 Å². The number of hydrogen-bond acceptors (Lipinski definition) is 2. The first-order chi connectivity index (χ1) is 11.5. The number of benzene rings is 2. The molecule has 0 fully saturated rings. The molecule has 2 unspecified atom stereocenters. The van der Waals surface area contributed by atoms with E-state index in [2.05, 4.69) is 5.32 Å². The minimum atomic E-state index is -0.961. The Morgan fingerprint density at radius 2 is 1.83 bits per heavy atom. The molecule has 0 radical (unpaired) electrons. The molecule has 126 valence electrons. The van der Waals surface area contributed by atoms with E-state index >= 15 is 0 Å². The molecule has 2 atom stereocenters. The van der Waals surface area contributed by atoms with Crippen molar-refractivity contribution in [2.45, 2.75) is 19.3 Å². The van der Waals surface area contributed by atoms with Gasteiger partial charge in [0.1, 0.15) is 5.82 Å². The van der Waals surface area contributed by atoms with Gasteiger partial charge in [-0.15, -0.1) is 0 Å². The van der Waals surface area contributed by atoms with E-state index in [1.54, 1.807) is 19.1 Å². The van der Waals surface area contributed by atoms with Crippen LogP contribution in [0.2, 0.25) is 0 Å². The smallest absolute Gasteiger partial charge is 0.308 e. The summed E-state index contributed by atoms with van der Waals surface area (Å²) in [5, 5.41) is 12.0. The second-order valence-electron chi connectivity index (χ2n) is 5.75. The molecule has 0 aliphatic heterocycles. The lowest BCUT2D eigenvalue weighted by Crippen LogP contribution is -2.36. The van der Waals surface area contributed by atoms with Crippen LogP contribution >= 0.6 is 0 Å². The van der Waals surface area contributed by atoms with Crippen LogP contribution in [-0.4, -0.2) is 23.5 Å². The van der Waals surface area contributed by atoms with Gasteiger partial charge in [0.25, 0.3) is 0 Å². The van der Waals surface area contributed by atoms with Crippen molar-refractivity contribution < 1.29 is 19.1 Å². The summed E-state index contributed by atoms with van der Waals surface area (Å²) in [4.78, 5) is 23.6. The van der Waals surface area contributed by atoms with Crippen LogP contribution in [-0.2, 0) is 16.0 Å². The van der Waals surface area contributed by atoms with E-state index < -0.39 is 23.6 Å². The normalized spacial score (nSPS) is 13.1. The minimum absolute atomic E-state index is 0.0305. The maximum atomic E-state index is 13.2. The maximum Gasteiger partial charge on any atom is 0.308 e. The summed E-state index contributed by atoms with van der Waals surface area (Å²) >= 11 is 0. The topological polar surface area (TPSA) is 66.4 Å². The fourth-order valence-corrected chi connectivity index (χ4v) is 2.45. The Hall–Kier alpha value is -2.69. The van der Waals surface area contributed by atoms with Crippen molar-refractivity contribution in [1.82, 2.24) is 5.32 Å². The van der Waals surface area contributed by atoms with E-state index in [-0.39, 0.29) is 12.5 Å². The zero-order valence-electron chi connectivity index (χ0n) is 13.4. The van der Waals surface area contributed by atoms with E-state index in [1.807, 2.05) is 30.3 Å². The number of hydrogen-bond donors (Lipinski definition) is 2. The molecule has 1 amide bonds. The number of rotatable bonds is 7. The van der Waals surface area contributed by atoms with Crippen molar-refractivity contribution in [1.29, 1.82) is 0 Å². The van der Waals surface area contributed by atoms with Gasteiger partial charge < -0.3 is 10.4 Å². The molecule has 0 spiro atoms. The van der Waals surface area contributed by atoms with Gasteiger partial charge in [-0.25, -0.2) is 4.39 Å².